The molecule has 0 fully saturated rings. The molecule has 3 nitrogen and oxygen atoms in total. The summed E-state index contributed by atoms with van der Waals surface area (Å²) in [6, 6.07) is 10.4. The van der Waals surface area contributed by atoms with Crippen LogP contribution in [0.3, 0.4) is 0 Å². The van der Waals surface area contributed by atoms with E-state index in [1.807, 2.05) is 44.3 Å². The maximum absolute atomic E-state index is 13.6. The third-order valence-electron chi connectivity index (χ3n) is 3.93. The molecule has 0 unspecified atom stereocenters. The molecule has 0 spiro atoms. The van der Waals surface area contributed by atoms with Crippen LogP contribution in [0.15, 0.2) is 41.4 Å². The van der Waals surface area contributed by atoms with Gasteiger partial charge in [0.25, 0.3) is 0 Å². The predicted octanol–water partition coefficient (Wildman–Crippen LogP) is 4.85. The van der Waals surface area contributed by atoms with Gasteiger partial charge in [0.2, 0.25) is 0 Å². The SMILES string of the molecule is CCN(C)/C=N/c1cc(C)c(C(=S)COc2ccccc2F)cc1C. The molecule has 0 radical (unpaired) electrons. The lowest BCUT2D eigenvalue weighted by atomic mass is 10.0. The number of halogens is 1. The Balaban J connectivity index is 2.13. The predicted molar refractivity (Wildman–Crippen MR) is 106 cm³/mol. The smallest absolute Gasteiger partial charge is 0.165 e. The molecule has 0 heterocycles. The Bertz CT molecular complexity index is 789. The van der Waals surface area contributed by atoms with Crippen molar-refractivity contribution in [3.05, 3.63) is 58.9 Å². The van der Waals surface area contributed by atoms with Crippen molar-refractivity contribution in [1.82, 2.24) is 4.90 Å². The summed E-state index contributed by atoms with van der Waals surface area (Å²) in [6.45, 7) is 7.13. The van der Waals surface area contributed by atoms with Gasteiger partial charge in [0, 0.05) is 13.6 Å². The van der Waals surface area contributed by atoms with Crippen LogP contribution in [0.4, 0.5) is 10.1 Å². The van der Waals surface area contributed by atoms with E-state index in [0.717, 1.165) is 28.9 Å². The van der Waals surface area contributed by atoms with Gasteiger partial charge < -0.3 is 9.64 Å². The molecule has 0 aliphatic heterocycles. The summed E-state index contributed by atoms with van der Waals surface area (Å²) in [7, 11) is 1.98. The van der Waals surface area contributed by atoms with Crippen molar-refractivity contribution >= 4 is 29.1 Å². The lowest BCUT2D eigenvalue weighted by Gasteiger charge is -2.13. The summed E-state index contributed by atoms with van der Waals surface area (Å²) in [6.07, 6.45) is 1.82. The van der Waals surface area contributed by atoms with E-state index < -0.39 is 0 Å². The van der Waals surface area contributed by atoms with Crippen LogP contribution in [0.2, 0.25) is 0 Å². The van der Waals surface area contributed by atoms with Crippen molar-refractivity contribution in [1.29, 1.82) is 0 Å². The van der Waals surface area contributed by atoms with Crippen molar-refractivity contribution < 1.29 is 9.13 Å². The van der Waals surface area contributed by atoms with Gasteiger partial charge in [-0.05, 0) is 61.7 Å². The van der Waals surface area contributed by atoms with Crippen LogP contribution in [-0.4, -0.2) is 36.3 Å². The van der Waals surface area contributed by atoms with E-state index in [1.54, 1.807) is 18.2 Å². The Hall–Kier alpha value is -2.27. The zero-order valence-corrected chi connectivity index (χ0v) is 15.9. The normalized spacial score (nSPS) is 10.9. The molecule has 0 atom stereocenters. The minimum absolute atomic E-state index is 0.164. The zero-order chi connectivity index (χ0) is 18.4. The molecule has 2 aromatic rings. The fourth-order valence-electron chi connectivity index (χ4n) is 2.27. The molecule has 0 bridgehead atoms. The standard InChI is InChI=1S/C20H23FN2OS/c1-5-23(4)13-22-18-11-14(2)16(10-15(18)3)20(25)12-24-19-9-7-6-8-17(19)21/h6-11,13H,5,12H2,1-4H3/b22-13+. The Kier molecular flexibility index (Phi) is 6.65. The van der Waals surface area contributed by atoms with E-state index in [9.17, 15) is 4.39 Å². The number of para-hydroxylation sites is 1. The number of thiocarbonyl (C=S) groups is 1. The first-order valence-corrected chi connectivity index (χ1v) is 8.59. The molecular weight excluding hydrogens is 335 g/mol. The number of ether oxygens (including phenoxy) is 1. The molecule has 5 heteroatoms. The molecule has 0 aliphatic carbocycles. The molecule has 0 amide bonds. The first-order valence-electron chi connectivity index (χ1n) is 8.18. The van der Waals surface area contributed by atoms with Crippen molar-refractivity contribution in [2.24, 2.45) is 4.99 Å². The second-order valence-electron chi connectivity index (χ2n) is 5.91. The molecule has 2 rings (SSSR count). The largest absolute Gasteiger partial charge is 0.485 e. The van der Waals surface area contributed by atoms with E-state index >= 15 is 0 Å². The number of rotatable bonds is 7. The zero-order valence-electron chi connectivity index (χ0n) is 15.0. The molecule has 2 aromatic carbocycles. The summed E-state index contributed by atoms with van der Waals surface area (Å²) in [5.41, 5.74) is 3.92. The number of hydrogen-bond donors (Lipinski definition) is 0. The van der Waals surface area contributed by atoms with Crippen LogP contribution < -0.4 is 4.74 Å². The second kappa shape index (κ2) is 8.72. The Labute approximate surface area is 154 Å². The van der Waals surface area contributed by atoms with Gasteiger partial charge in [-0.15, -0.1) is 0 Å². The second-order valence-corrected chi connectivity index (χ2v) is 6.41. The monoisotopic (exact) mass is 358 g/mol. The summed E-state index contributed by atoms with van der Waals surface area (Å²) >= 11 is 5.48. The van der Waals surface area contributed by atoms with Crippen molar-refractivity contribution in [3.8, 4) is 5.75 Å². The maximum atomic E-state index is 13.6. The topological polar surface area (TPSA) is 24.8 Å². The molecule has 0 saturated heterocycles. The van der Waals surface area contributed by atoms with Crippen LogP contribution >= 0.6 is 12.2 Å². The first-order chi connectivity index (χ1) is 11.9. The van der Waals surface area contributed by atoms with Gasteiger partial charge in [0.05, 0.1) is 16.9 Å². The Morgan fingerprint density at radius 2 is 1.96 bits per heavy atom. The summed E-state index contributed by atoms with van der Waals surface area (Å²) in [5, 5.41) is 0. The van der Waals surface area contributed by atoms with E-state index in [-0.39, 0.29) is 18.2 Å². The highest BCUT2D eigenvalue weighted by molar-refractivity contribution is 7.80. The number of aryl methyl sites for hydroxylation is 2. The lowest BCUT2D eigenvalue weighted by molar-refractivity contribution is 0.356. The number of benzene rings is 2. The molecular formula is C20H23FN2OS. The first kappa shape index (κ1) is 19.1. The summed E-state index contributed by atoms with van der Waals surface area (Å²) in [5.74, 6) is -0.175. The van der Waals surface area contributed by atoms with E-state index in [2.05, 4.69) is 11.9 Å². The fraction of sp³-hybridized carbons (Fsp3) is 0.300. The quantitative estimate of drug-likeness (QED) is 0.306. The van der Waals surface area contributed by atoms with Crippen LogP contribution in [0.1, 0.15) is 23.6 Å². The van der Waals surface area contributed by atoms with Gasteiger partial charge in [-0.2, -0.15) is 0 Å². The fourth-order valence-corrected chi connectivity index (χ4v) is 2.54. The van der Waals surface area contributed by atoms with Gasteiger partial charge in [0.1, 0.15) is 6.61 Å². The minimum atomic E-state index is -0.386. The highest BCUT2D eigenvalue weighted by atomic mass is 32.1. The van der Waals surface area contributed by atoms with E-state index in [1.165, 1.54) is 6.07 Å². The highest BCUT2D eigenvalue weighted by Crippen LogP contribution is 2.24. The van der Waals surface area contributed by atoms with Crippen molar-refractivity contribution in [3.63, 3.8) is 0 Å². The molecule has 132 valence electrons. The van der Waals surface area contributed by atoms with Gasteiger partial charge in [-0.1, -0.05) is 24.4 Å². The van der Waals surface area contributed by atoms with Crippen LogP contribution in [0, 0.1) is 19.7 Å². The summed E-state index contributed by atoms with van der Waals surface area (Å²) < 4.78 is 19.1. The molecule has 0 aromatic heterocycles. The third kappa shape index (κ3) is 5.10. The third-order valence-corrected chi connectivity index (χ3v) is 4.27. The molecule has 0 N–H and O–H groups in total. The number of aliphatic imine (C=N–C) groups is 1. The van der Waals surface area contributed by atoms with Crippen molar-refractivity contribution in [2.45, 2.75) is 20.8 Å². The Morgan fingerprint density at radius 3 is 2.64 bits per heavy atom. The average molecular weight is 358 g/mol. The molecule has 0 aliphatic rings. The molecule has 0 saturated carbocycles. The van der Waals surface area contributed by atoms with Crippen molar-refractivity contribution in [2.75, 3.05) is 20.2 Å². The van der Waals surface area contributed by atoms with Crippen LogP contribution in [-0.2, 0) is 0 Å². The van der Waals surface area contributed by atoms with Gasteiger partial charge in [0.15, 0.2) is 11.6 Å². The number of nitrogens with zero attached hydrogens (tertiary/aromatic N) is 2. The minimum Gasteiger partial charge on any atom is -0.485 e. The van der Waals surface area contributed by atoms with Gasteiger partial charge >= 0.3 is 0 Å². The molecule has 25 heavy (non-hydrogen) atoms. The average Bonchev–Trinajstić information content (AvgIpc) is 2.60. The maximum Gasteiger partial charge on any atom is 0.165 e. The number of hydrogen-bond acceptors (Lipinski definition) is 3. The Morgan fingerprint density at radius 1 is 1.24 bits per heavy atom. The van der Waals surface area contributed by atoms with Crippen LogP contribution in [0.25, 0.3) is 0 Å². The lowest BCUT2D eigenvalue weighted by Crippen LogP contribution is -2.14. The van der Waals surface area contributed by atoms with Gasteiger partial charge in [-0.3, -0.25) is 0 Å². The van der Waals surface area contributed by atoms with E-state index in [4.69, 9.17) is 17.0 Å². The highest BCUT2D eigenvalue weighted by Gasteiger charge is 2.10. The van der Waals surface area contributed by atoms with Crippen LogP contribution in [0.5, 0.6) is 5.75 Å². The van der Waals surface area contributed by atoms with Gasteiger partial charge in [-0.25, -0.2) is 9.38 Å². The summed E-state index contributed by atoms with van der Waals surface area (Å²) in [4.78, 5) is 7.17. The van der Waals surface area contributed by atoms with E-state index in [0.29, 0.717) is 4.86 Å².